The molecule has 3 rings (SSSR count). The molecular weight excluding hydrogens is 272 g/mol. The van der Waals surface area contributed by atoms with Gasteiger partial charge in [-0.05, 0) is 42.5 Å². The lowest BCUT2D eigenvalue weighted by Gasteiger charge is -2.17. The SMILES string of the molecule is CCc1cc(C(N)c2ccc(C)cc2)cc2c1NC(=O)C2C. The zero-order chi connectivity index (χ0) is 15.9. The molecule has 0 aromatic heterocycles. The highest BCUT2D eigenvalue weighted by molar-refractivity contribution is 6.03. The smallest absolute Gasteiger partial charge is 0.231 e. The van der Waals surface area contributed by atoms with E-state index in [-0.39, 0.29) is 17.9 Å². The number of nitrogens with two attached hydrogens (primary N) is 1. The molecule has 0 spiro atoms. The molecule has 1 aliphatic rings. The van der Waals surface area contributed by atoms with E-state index in [4.69, 9.17) is 5.73 Å². The zero-order valence-corrected chi connectivity index (χ0v) is 13.3. The summed E-state index contributed by atoms with van der Waals surface area (Å²) < 4.78 is 0. The van der Waals surface area contributed by atoms with Crippen molar-refractivity contribution in [3.05, 3.63) is 64.2 Å². The third-order valence-corrected chi connectivity index (χ3v) is 4.56. The molecule has 0 fully saturated rings. The van der Waals surface area contributed by atoms with Crippen molar-refractivity contribution in [1.29, 1.82) is 0 Å². The molecule has 0 saturated carbocycles. The number of anilines is 1. The normalized spacial score (nSPS) is 18.0. The van der Waals surface area contributed by atoms with E-state index < -0.39 is 0 Å². The molecule has 0 saturated heterocycles. The van der Waals surface area contributed by atoms with Gasteiger partial charge in [-0.2, -0.15) is 0 Å². The molecule has 0 aliphatic carbocycles. The number of amides is 1. The Balaban J connectivity index is 2.05. The summed E-state index contributed by atoms with van der Waals surface area (Å²) in [6.45, 7) is 6.12. The summed E-state index contributed by atoms with van der Waals surface area (Å²) in [5, 5.41) is 3.00. The minimum Gasteiger partial charge on any atom is -0.325 e. The monoisotopic (exact) mass is 294 g/mol. The van der Waals surface area contributed by atoms with Gasteiger partial charge in [0.2, 0.25) is 5.91 Å². The molecule has 2 aromatic rings. The molecule has 0 bridgehead atoms. The first-order valence-electron chi connectivity index (χ1n) is 7.81. The molecule has 1 amide bonds. The van der Waals surface area contributed by atoms with Gasteiger partial charge in [0.05, 0.1) is 12.0 Å². The lowest BCUT2D eigenvalue weighted by Crippen LogP contribution is -2.13. The van der Waals surface area contributed by atoms with E-state index in [1.807, 2.05) is 6.92 Å². The number of hydrogen-bond donors (Lipinski definition) is 2. The van der Waals surface area contributed by atoms with Crippen LogP contribution in [0.4, 0.5) is 5.69 Å². The summed E-state index contributed by atoms with van der Waals surface area (Å²) in [7, 11) is 0. The van der Waals surface area contributed by atoms with Crippen LogP contribution in [0.25, 0.3) is 0 Å². The Morgan fingerprint density at radius 1 is 1.18 bits per heavy atom. The van der Waals surface area contributed by atoms with Crippen LogP contribution in [0, 0.1) is 6.92 Å². The number of carbonyl (C=O) groups excluding carboxylic acids is 1. The average molecular weight is 294 g/mol. The number of hydrogen-bond acceptors (Lipinski definition) is 2. The van der Waals surface area contributed by atoms with Gasteiger partial charge in [-0.3, -0.25) is 4.79 Å². The molecule has 2 aromatic carbocycles. The molecule has 22 heavy (non-hydrogen) atoms. The lowest BCUT2D eigenvalue weighted by atomic mass is 9.91. The van der Waals surface area contributed by atoms with Crippen LogP contribution in [0.5, 0.6) is 0 Å². The van der Waals surface area contributed by atoms with Crippen molar-refractivity contribution in [3.63, 3.8) is 0 Å². The van der Waals surface area contributed by atoms with Gasteiger partial charge in [0.1, 0.15) is 0 Å². The molecule has 3 N–H and O–H groups in total. The van der Waals surface area contributed by atoms with Gasteiger partial charge in [0.25, 0.3) is 0 Å². The first-order valence-corrected chi connectivity index (χ1v) is 7.81. The van der Waals surface area contributed by atoms with Gasteiger partial charge in [0.15, 0.2) is 0 Å². The van der Waals surface area contributed by atoms with Crippen LogP contribution in [-0.4, -0.2) is 5.91 Å². The summed E-state index contributed by atoms with van der Waals surface area (Å²) in [6, 6.07) is 12.4. The zero-order valence-electron chi connectivity index (χ0n) is 13.3. The van der Waals surface area contributed by atoms with Crippen molar-refractivity contribution in [2.24, 2.45) is 5.73 Å². The number of rotatable bonds is 3. The van der Waals surface area contributed by atoms with E-state index in [0.29, 0.717) is 0 Å². The number of aryl methyl sites for hydroxylation is 2. The standard InChI is InChI=1S/C19H22N2O/c1-4-13-9-15(10-16-12(3)19(22)21-18(13)16)17(20)14-7-5-11(2)6-8-14/h5-10,12,17H,4,20H2,1-3H3,(H,21,22). The van der Waals surface area contributed by atoms with Crippen LogP contribution in [0.3, 0.4) is 0 Å². The highest BCUT2D eigenvalue weighted by Crippen LogP contribution is 2.38. The first kappa shape index (κ1) is 14.8. The van der Waals surface area contributed by atoms with Gasteiger partial charge in [-0.1, -0.05) is 48.9 Å². The van der Waals surface area contributed by atoms with Crippen LogP contribution in [0.2, 0.25) is 0 Å². The number of benzene rings is 2. The Kier molecular flexibility index (Phi) is 3.75. The second kappa shape index (κ2) is 5.58. The third kappa shape index (κ3) is 2.42. The molecule has 1 aliphatic heterocycles. The van der Waals surface area contributed by atoms with Gasteiger partial charge in [0, 0.05) is 5.69 Å². The summed E-state index contributed by atoms with van der Waals surface area (Å²) in [6.07, 6.45) is 0.879. The minimum absolute atomic E-state index is 0.0748. The van der Waals surface area contributed by atoms with E-state index >= 15 is 0 Å². The van der Waals surface area contributed by atoms with E-state index in [0.717, 1.165) is 34.4 Å². The van der Waals surface area contributed by atoms with Crippen LogP contribution in [-0.2, 0) is 11.2 Å². The maximum Gasteiger partial charge on any atom is 0.231 e. The second-order valence-electron chi connectivity index (χ2n) is 6.10. The summed E-state index contributed by atoms with van der Waals surface area (Å²) in [5.41, 5.74) is 13.1. The Labute approximate surface area is 131 Å². The minimum atomic E-state index is -0.167. The Bertz CT molecular complexity index is 719. The maximum atomic E-state index is 11.9. The molecule has 3 heteroatoms. The van der Waals surface area contributed by atoms with Crippen molar-refractivity contribution in [2.75, 3.05) is 5.32 Å². The van der Waals surface area contributed by atoms with Crippen LogP contribution in [0.1, 0.15) is 53.6 Å². The number of fused-ring (bicyclic) bond motifs is 1. The highest BCUT2D eigenvalue weighted by Gasteiger charge is 2.29. The Hall–Kier alpha value is -2.13. The molecule has 114 valence electrons. The van der Waals surface area contributed by atoms with Crippen molar-refractivity contribution < 1.29 is 4.79 Å². The predicted octanol–water partition coefficient (Wildman–Crippen LogP) is 3.66. The van der Waals surface area contributed by atoms with Crippen LogP contribution < -0.4 is 11.1 Å². The molecule has 2 unspecified atom stereocenters. The first-order chi connectivity index (χ1) is 10.5. The van der Waals surface area contributed by atoms with E-state index in [9.17, 15) is 4.79 Å². The number of carbonyl (C=O) groups is 1. The van der Waals surface area contributed by atoms with Crippen LogP contribution >= 0.6 is 0 Å². The maximum absolute atomic E-state index is 11.9. The summed E-state index contributed by atoms with van der Waals surface area (Å²) >= 11 is 0. The van der Waals surface area contributed by atoms with Crippen molar-refractivity contribution >= 4 is 11.6 Å². The van der Waals surface area contributed by atoms with E-state index in [1.54, 1.807) is 0 Å². The topological polar surface area (TPSA) is 55.1 Å². The largest absolute Gasteiger partial charge is 0.325 e. The van der Waals surface area contributed by atoms with Gasteiger partial charge < -0.3 is 11.1 Å². The summed E-state index contributed by atoms with van der Waals surface area (Å²) in [5.74, 6) is -0.0313. The van der Waals surface area contributed by atoms with Gasteiger partial charge in [-0.25, -0.2) is 0 Å². The Morgan fingerprint density at radius 3 is 2.50 bits per heavy atom. The molecule has 3 nitrogen and oxygen atoms in total. The summed E-state index contributed by atoms with van der Waals surface area (Å²) in [4.78, 5) is 11.9. The fourth-order valence-electron chi connectivity index (χ4n) is 3.04. The molecular formula is C19H22N2O. The lowest BCUT2D eigenvalue weighted by molar-refractivity contribution is -0.116. The van der Waals surface area contributed by atoms with Gasteiger partial charge in [-0.15, -0.1) is 0 Å². The average Bonchev–Trinajstić information content (AvgIpc) is 2.82. The highest BCUT2D eigenvalue weighted by atomic mass is 16.2. The third-order valence-electron chi connectivity index (χ3n) is 4.56. The van der Waals surface area contributed by atoms with Crippen molar-refractivity contribution in [3.8, 4) is 0 Å². The fraction of sp³-hybridized carbons (Fsp3) is 0.316. The quantitative estimate of drug-likeness (QED) is 0.907. The Morgan fingerprint density at radius 2 is 1.86 bits per heavy atom. The second-order valence-corrected chi connectivity index (χ2v) is 6.10. The number of nitrogens with one attached hydrogen (secondary N) is 1. The van der Waals surface area contributed by atoms with Crippen molar-refractivity contribution in [1.82, 2.24) is 0 Å². The van der Waals surface area contributed by atoms with Crippen LogP contribution in [0.15, 0.2) is 36.4 Å². The van der Waals surface area contributed by atoms with E-state index in [1.165, 1.54) is 5.56 Å². The van der Waals surface area contributed by atoms with Crippen molar-refractivity contribution in [2.45, 2.75) is 39.2 Å². The molecule has 2 atom stereocenters. The molecule has 1 heterocycles. The van der Waals surface area contributed by atoms with E-state index in [2.05, 4.69) is 55.6 Å². The van der Waals surface area contributed by atoms with Gasteiger partial charge >= 0.3 is 0 Å². The predicted molar refractivity (Wildman–Crippen MR) is 90.1 cm³/mol. The molecule has 0 radical (unpaired) electrons. The fourth-order valence-corrected chi connectivity index (χ4v) is 3.04.